The Morgan fingerprint density at radius 2 is 1.72 bits per heavy atom. The van der Waals surface area contributed by atoms with Crippen molar-refractivity contribution in [3.05, 3.63) is 83.3 Å². The predicted molar refractivity (Wildman–Crippen MR) is 126 cm³/mol. The van der Waals surface area contributed by atoms with E-state index in [1.165, 1.54) is 18.7 Å². The smallest absolute Gasteiger partial charge is 0.226 e. The first-order valence-corrected chi connectivity index (χ1v) is 11.2. The first-order chi connectivity index (χ1) is 15.4. The summed E-state index contributed by atoms with van der Waals surface area (Å²) < 4.78 is 0. The summed E-state index contributed by atoms with van der Waals surface area (Å²) in [5.74, 6) is -0.243. The molecule has 1 aliphatic rings. The molecule has 0 fully saturated rings. The number of benzene rings is 2. The molecule has 32 heavy (non-hydrogen) atoms. The highest BCUT2D eigenvalue weighted by molar-refractivity contribution is 7.99. The summed E-state index contributed by atoms with van der Waals surface area (Å²) in [7, 11) is 0. The second-order valence-electron chi connectivity index (χ2n) is 7.70. The Hall–Kier alpha value is -3.45. The Bertz CT molecular complexity index is 1170. The summed E-state index contributed by atoms with van der Waals surface area (Å²) in [5.41, 5.74) is 4.57. The van der Waals surface area contributed by atoms with E-state index in [9.17, 15) is 9.59 Å². The summed E-state index contributed by atoms with van der Waals surface area (Å²) in [6, 6.07) is 17.0. The first-order valence-electron chi connectivity index (χ1n) is 10.3. The minimum atomic E-state index is -0.328. The van der Waals surface area contributed by atoms with Gasteiger partial charge in [0, 0.05) is 35.1 Å². The molecule has 0 bridgehead atoms. The van der Waals surface area contributed by atoms with Crippen LogP contribution in [-0.2, 0) is 9.59 Å². The fraction of sp³-hybridized carbons (Fsp3) is 0.200. The van der Waals surface area contributed by atoms with Crippen LogP contribution in [0.2, 0.25) is 0 Å². The zero-order valence-corrected chi connectivity index (χ0v) is 19.0. The number of nitrogens with zero attached hydrogens (tertiary/aromatic N) is 3. The van der Waals surface area contributed by atoms with Crippen molar-refractivity contribution in [3.8, 4) is 0 Å². The van der Waals surface area contributed by atoms with Crippen molar-refractivity contribution in [2.45, 2.75) is 43.3 Å². The zero-order chi connectivity index (χ0) is 22.7. The molecule has 1 unspecified atom stereocenters. The van der Waals surface area contributed by atoms with Crippen LogP contribution in [0.1, 0.15) is 41.9 Å². The van der Waals surface area contributed by atoms with E-state index in [1.54, 1.807) is 11.1 Å². The van der Waals surface area contributed by atoms with E-state index in [1.807, 2.05) is 74.5 Å². The normalized spacial score (nSPS) is 14.7. The molecule has 0 aliphatic carbocycles. The molecule has 6 nitrogen and oxygen atoms in total. The number of carbonyl (C=O) groups is 2. The van der Waals surface area contributed by atoms with Crippen LogP contribution in [-0.4, -0.2) is 26.7 Å². The molecular weight excluding hydrogens is 420 g/mol. The average Bonchev–Trinajstić information content (AvgIpc) is 2.74. The second kappa shape index (κ2) is 9.36. The van der Waals surface area contributed by atoms with Crippen LogP contribution in [0.15, 0.2) is 70.8 Å². The number of amides is 2. The number of aromatic nitrogens is 2. The SMILES string of the molecule is CC(=O)N1C=Cc2ccccc2C1CC(=O)Nc1ccc(Sc2nc(C)cc(C)n2)cc1. The van der Waals surface area contributed by atoms with Crippen molar-refractivity contribution in [2.75, 3.05) is 5.32 Å². The third kappa shape index (κ3) is 5.06. The van der Waals surface area contributed by atoms with Gasteiger partial charge in [0.05, 0.1) is 12.5 Å². The molecule has 3 aromatic rings. The molecular formula is C25H24N4O2S. The summed E-state index contributed by atoms with van der Waals surface area (Å²) in [4.78, 5) is 36.4. The highest BCUT2D eigenvalue weighted by Gasteiger charge is 2.28. The highest BCUT2D eigenvalue weighted by atomic mass is 32.2. The van der Waals surface area contributed by atoms with Crippen LogP contribution in [0.3, 0.4) is 0 Å². The van der Waals surface area contributed by atoms with Gasteiger partial charge in [0.2, 0.25) is 11.8 Å². The van der Waals surface area contributed by atoms with Crippen LogP contribution in [0.4, 0.5) is 5.69 Å². The van der Waals surface area contributed by atoms with E-state index in [4.69, 9.17) is 0 Å². The van der Waals surface area contributed by atoms with Gasteiger partial charge in [-0.15, -0.1) is 0 Å². The van der Waals surface area contributed by atoms with Gasteiger partial charge < -0.3 is 10.2 Å². The number of fused-ring (bicyclic) bond motifs is 1. The van der Waals surface area contributed by atoms with Gasteiger partial charge in [-0.3, -0.25) is 9.59 Å². The number of hydrogen-bond donors (Lipinski definition) is 1. The second-order valence-corrected chi connectivity index (χ2v) is 8.74. The quantitative estimate of drug-likeness (QED) is 0.551. The molecule has 0 saturated heterocycles. The molecule has 162 valence electrons. The van der Waals surface area contributed by atoms with Gasteiger partial charge in [-0.1, -0.05) is 24.3 Å². The number of anilines is 1. The minimum absolute atomic E-state index is 0.0939. The van der Waals surface area contributed by atoms with E-state index in [0.717, 1.165) is 27.4 Å². The third-order valence-electron chi connectivity index (χ3n) is 5.16. The van der Waals surface area contributed by atoms with Gasteiger partial charge in [-0.2, -0.15) is 0 Å². The Balaban J connectivity index is 1.43. The standard InChI is InChI=1S/C25H24N4O2S/c1-16-14-17(2)27-25(26-16)32-21-10-8-20(9-11-21)28-24(31)15-23-22-7-5-4-6-19(22)12-13-29(23)18(3)30/h4-14,23H,15H2,1-3H3,(H,28,31). The maximum Gasteiger partial charge on any atom is 0.226 e. The summed E-state index contributed by atoms with van der Waals surface area (Å²) >= 11 is 1.48. The number of nitrogens with one attached hydrogen (secondary N) is 1. The molecule has 7 heteroatoms. The summed E-state index contributed by atoms with van der Waals surface area (Å²) in [5, 5.41) is 3.65. The van der Waals surface area contributed by atoms with Crippen molar-refractivity contribution in [2.24, 2.45) is 0 Å². The molecule has 0 radical (unpaired) electrons. The molecule has 1 N–H and O–H groups in total. The van der Waals surface area contributed by atoms with Crippen LogP contribution in [0, 0.1) is 13.8 Å². The minimum Gasteiger partial charge on any atom is -0.326 e. The Kier molecular flexibility index (Phi) is 6.37. The van der Waals surface area contributed by atoms with Gasteiger partial charge in [0.1, 0.15) is 0 Å². The number of aryl methyl sites for hydroxylation is 2. The number of rotatable bonds is 5. The zero-order valence-electron chi connectivity index (χ0n) is 18.2. The van der Waals surface area contributed by atoms with E-state index >= 15 is 0 Å². The molecule has 1 aliphatic heterocycles. The average molecular weight is 445 g/mol. The molecule has 0 spiro atoms. The van der Waals surface area contributed by atoms with Gasteiger partial charge >= 0.3 is 0 Å². The predicted octanol–water partition coefficient (Wildman–Crippen LogP) is 5.15. The van der Waals surface area contributed by atoms with E-state index in [-0.39, 0.29) is 24.3 Å². The van der Waals surface area contributed by atoms with Crippen molar-refractivity contribution in [1.82, 2.24) is 14.9 Å². The number of hydrogen-bond acceptors (Lipinski definition) is 5. The molecule has 2 heterocycles. The van der Waals surface area contributed by atoms with E-state index < -0.39 is 0 Å². The molecule has 2 aromatic carbocycles. The third-order valence-corrected chi connectivity index (χ3v) is 6.03. The summed E-state index contributed by atoms with van der Waals surface area (Å²) in [6.07, 6.45) is 3.83. The molecule has 1 aromatic heterocycles. The van der Waals surface area contributed by atoms with Crippen LogP contribution < -0.4 is 5.32 Å². The van der Waals surface area contributed by atoms with Gasteiger partial charge in [-0.25, -0.2) is 9.97 Å². The lowest BCUT2D eigenvalue weighted by Gasteiger charge is -2.32. The molecule has 1 atom stereocenters. The lowest BCUT2D eigenvalue weighted by atomic mass is 9.93. The van der Waals surface area contributed by atoms with Crippen LogP contribution in [0.25, 0.3) is 6.08 Å². The van der Waals surface area contributed by atoms with Gasteiger partial charge in [0.25, 0.3) is 0 Å². The van der Waals surface area contributed by atoms with Gasteiger partial charge in [0.15, 0.2) is 5.16 Å². The van der Waals surface area contributed by atoms with Crippen LogP contribution in [0.5, 0.6) is 0 Å². The van der Waals surface area contributed by atoms with E-state index in [2.05, 4.69) is 15.3 Å². The lowest BCUT2D eigenvalue weighted by Crippen LogP contribution is -2.33. The van der Waals surface area contributed by atoms with Crippen LogP contribution >= 0.6 is 11.8 Å². The van der Waals surface area contributed by atoms with Crippen molar-refractivity contribution < 1.29 is 9.59 Å². The van der Waals surface area contributed by atoms with Crippen molar-refractivity contribution >= 4 is 35.3 Å². The first kappa shape index (κ1) is 21.8. The number of carbonyl (C=O) groups excluding carboxylic acids is 2. The fourth-order valence-electron chi connectivity index (χ4n) is 3.75. The Labute approximate surface area is 191 Å². The van der Waals surface area contributed by atoms with Crippen molar-refractivity contribution in [1.29, 1.82) is 0 Å². The van der Waals surface area contributed by atoms with Gasteiger partial charge in [-0.05, 0) is 73.1 Å². The Morgan fingerprint density at radius 3 is 2.41 bits per heavy atom. The van der Waals surface area contributed by atoms with E-state index in [0.29, 0.717) is 10.8 Å². The monoisotopic (exact) mass is 444 g/mol. The lowest BCUT2D eigenvalue weighted by molar-refractivity contribution is -0.129. The molecule has 4 rings (SSSR count). The largest absolute Gasteiger partial charge is 0.326 e. The molecule has 2 amide bonds. The Morgan fingerprint density at radius 1 is 1.03 bits per heavy atom. The molecule has 0 saturated carbocycles. The topological polar surface area (TPSA) is 75.2 Å². The fourth-order valence-corrected chi connectivity index (χ4v) is 4.61. The van der Waals surface area contributed by atoms with Crippen molar-refractivity contribution in [3.63, 3.8) is 0 Å². The maximum atomic E-state index is 12.8. The highest BCUT2D eigenvalue weighted by Crippen LogP contribution is 2.33. The summed E-state index contributed by atoms with van der Waals surface area (Å²) in [6.45, 7) is 5.41. The maximum absolute atomic E-state index is 12.8.